The molecule has 1 heterocycles. The van der Waals surface area contributed by atoms with Gasteiger partial charge < -0.3 is 10.6 Å². The van der Waals surface area contributed by atoms with Crippen molar-refractivity contribution in [3.05, 3.63) is 0 Å². The monoisotopic (exact) mass is 182 g/mol. The number of piperazine rings is 1. The van der Waals surface area contributed by atoms with Gasteiger partial charge in [0.2, 0.25) is 5.91 Å². The highest BCUT2D eigenvalue weighted by Gasteiger charge is 2.26. The van der Waals surface area contributed by atoms with E-state index < -0.39 is 0 Å². The Morgan fingerprint density at radius 3 is 2.54 bits per heavy atom. The standard InChI is InChI=1S/C10H18N2O/c13-10-7-11-9(6-12-10)8-4-2-1-3-5-8/h8-9,11H,1-7H2,(H,12,13). The van der Waals surface area contributed by atoms with Gasteiger partial charge in [-0.15, -0.1) is 0 Å². The number of carbonyl (C=O) groups is 1. The molecule has 1 saturated heterocycles. The minimum absolute atomic E-state index is 0.145. The summed E-state index contributed by atoms with van der Waals surface area (Å²) in [6, 6.07) is 0.540. The van der Waals surface area contributed by atoms with Gasteiger partial charge in [0.15, 0.2) is 0 Å². The van der Waals surface area contributed by atoms with Crippen molar-refractivity contribution in [3.8, 4) is 0 Å². The SMILES string of the molecule is O=C1CNC(C2CCCCC2)CN1. The third kappa shape index (κ3) is 2.21. The molecule has 2 N–H and O–H groups in total. The highest BCUT2D eigenvalue weighted by atomic mass is 16.2. The molecule has 0 bridgehead atoms. The molecule has 1 amide bonds. The van der Waals surface area contributed by atoms with Gasteiger partial charge in [0.1, 0.15) is 0 Å². The average molecular weight is 182 g/mol. The van der Waals surface area contributed by atoms with Crippen molar-refractivity contribution >= 4 is 5.91 Å². The van der Waals surface area contributed by atoms with Crippen LogP contribution in [0.2, 0.25) is 0 Å². The summed E-state index contributed by atoms with van der Waals surface area (Å²) in [6.07, 6.45) is 6.82. The maximum Gasteiger partial charge on any atom is 0.234 e. The molecular formula is C10H18N2O. The van der Waals surface area contributed by atoms with Crippen molar-refractivity contribution in [1.82, 2.24) is 10.6 Å². The van der Waals surface area contributed by atoms with Crippen LogP contribution in [0, 0.1) is 5.92 Å². The maximum atomic E-state index is 10.9. The fourth-order valence-corrected chi connectivity index (χ4v) is 2.45. The number of carbonyl (C=O) groups excluding carboxylic acids is 1. The summed E-state index contributed by atoms with van der Waals surface area (Å²) in [5.74, 6) is 0.946. The lowest BCUT2D eigenvalue weighted by atomic mass is 9.83. The molecule has 2 fully saturated rings. The van der Waals surface area contributed by atoms with Crippen molar-refractivity contribution < 1.29 is 4.79 Å². The molecule has 74 valence electrons. The number of amides is 1. The van der Waals surface area contributed by atoms with E-state index >= 15 is 0 Å². The number of hydrogen-bond donors (Lipinski definition) is 2. The quantitative estimate of drug-likeness (QED) is 0.625. The second-order valence-corrected chi connectivity index (χ2v) is 4.19. The van der Waals surface area contributed by atoms with E-state index in [1.54, 1.807) is 0 Å². The Labute approximate surface area is 79.3 Å². The molecule has 0 aromatic carbocycles. The highest BCUT2D eigenvalue weighted by Crippen LogP contribution is 2.26. The van der Waals surface area contributed by atoms with Crippen LogP contribution < -0.4 is 10.6 Å². The molecule has 1 unspecified atom stereocenters. The highest BCUT2D eigenvalue weighted by molar-refractivity contribution is 5.78. The first kappa shape index (κ1) is 9.00. The zero-order valence-electron chi connectivity index (χ0n) is 8.01. The van der Waals surface area contributed by atoms with Crippen LogP contribution in [0.4, 0.5) is 0 Å². The third-order valence-electron chi connectivity index (χ3n) is 3.26. The molecule has 2 rings (SSSR count). The minimum atomic E-state index is 0.145. The topological polar surface area (TPSA) is 41.1 Å². The summed E-state index contributed by atoms with van der Waals surface area (Å²) in [7, 11) is 0. The molecule has 1 aliphatic heterocycles. The summed E-state index contributed by atoms with van der Waals surface area (Å²) in [5.41, 5.74) is 0. The second kappa shape index (κ2) is 4.09. The molecule has 3 nitrogen and oxygen atoms in total. The lowest BCUT2D eigenvalue weighted by Gasteiger charge is -2.33. The predicted octanol–water partition coefficient (Wildman–Crippen LogP) is 0.655. The Hall–Kier alpha value is -0.570. The predicted molar refractivity (Wildman–Crippen MR) is 51.4 cm³/mol. The zero-order valence-corrected chi connectivity index (χ0v) is 8.01. The van der Waals surface area contributed by atoms with Gasteiger partial charge in [0.05, 0.1) is 6.54 Å². The molecule has 13 heavy (non-hydrogen) atoms. The molecule has 1 saturated carbocycles. The van der Waals surface area contributed by atoms with E-state index in [4.69, 9.17) is 0 Å². The molecule has 0 aromatic heterocycles. The minimum Gasteiger partial charge on any atom is -0.353 e. The third-order valence-corrected chi connectivity index (χ3v) is 3.26. The molecule has 1 atom stereocenters. The van der Waals surface area contributed by atoms with E-state index in [0.29, 0.717) is 12.6 Å². The Morgan fingerprint density at radius 2 is 1.92 bits per heavy atom. The molecule has 0 spiro atoms. The van der Waals surface area contributed by atoms with Crippen LogP contribution >= 0.6 is 0 Å². The first-order chi connectivity index (χ1) is 6.36. The normalized spacial score (nSPS) is 31.4. The van der Waals surface area contributed by atoms with E-state index in [1.807, 2.05) is 0 Å². The Morgan fingerprint density at radius 1 is 1.15 bits per heavy atom. The Kier molecular flexibility index (Phi) is 2.83. The maximum absolute atomic E-state index is 10.9. The van der Waals surface area contributed by atoms with Crippen LogP contribution in [0.3, 0.4) is 0 Å². The van der Waals surface area contributed by atoms with E-state index in [0.717, 1.165) is 12.5 Å². The first-order valence-electron chi connectivity index (χ1n) is 5.36. The van der Waals surface area contributed by atoms with E-state index in [9.17, 15) is 4.79 Å². The van der Waals surface area contributed by atoms with Gasteiger partial charge in [-0.25, -0.2) is 0 Å². The van der Waals surface area contributed by atoms with Crippen molar-refractivity contribution in [1.29, 1.82) is 0 Å². The van der Waals surface area contributed by atoms with Crippen LogP contribution in [0.15, 0.2) is 0 Å². The van der Waals surface area contributed by atoms with E-state index in [1.165, 1.54) is 32.1 Å². The average Bonchev–Trinajstić information content (AvgIpc) is 2.20. The largest absolute Gasteiger partial charge is 0.353 e. The number of hydrogen-bond acceptors (Lipinski definition) is 2. The lowest BCUT2D eigenvalue weighted by molar-refractivity contribution is -0.121. The van der Waals surface area contributed by atoms with Gasteiger partial charge in [-0.1, -0.05) is 19.3 Å². The number of nitrogens with one attached hydrogen (secondary N) is 2. The lowest BCUT2D eigenvalue weighted by Crippen LogP contribution is -2.55. The summed E-state index contributed by atoms with van der Waals surface area (Å²) in [6.45, 7) is 1.35. The van der Waals surface area contributed by atoms with Gasteiger partial charge in [0.25, 0.3) is 0 Å². The molecule has 0 radical (unpaired) electrons. The van der Waals surface area contributed by atoms with Crippen LogP contribution in [-0.4, -0.2) is 25.0 Å². The molecule has 2 aliphatic rings. The van der Waals surface area contributed by atoms with Crippen molar-refractivity contribution in [2.45, 2.75) is 38.1 Å². The van der Waals surface area contributed by atoms with E-state index in [-0.39, 0.29) is 5.91 Å². The summed E-state index contributed by atoms with van der Waals surface area (Å²) in [4.78, 5) is 10.9. The van der Waals surface area contributed by atoms with E-state index in [2.05, 4.69) is 10.6 Å². The van der Waals surface area contributed by atoms with Crippen molar-refractivity contribution in [2.75, 3.05) is 13.1 Å². The van der Waals surface area contributed by atoms with Gasteiger partial charge in [-0.05, 0) is 18.8 Å². The van der Waals surface area contributed by atoms with Gasteiger partial charge >= 0.3 is 0 Å². The van der Waals surface area contributed by atoms with Crippen molar-refractivity contribution in [2.24, 2.45) is 5.92 Å². The molecule has 0 aromatic rings. The summed E-state index contributed by atoms with van der Waals surface area (Å²) >= 11 is 0. The fraction of sp³-hybridized carbons (Fsp3) is 0.900. The van der Waals surface area contributed by atoms with Crippen LogP contribution in [0.1, 0.15) is 32.1 Å². The summed E-state index contributed by atoms with van der Waals surface area (Å²) < 4.78 is 0. The first-order valence-corrected chi connectivity index (χ1v) is 5.36. The zero-order chi connectivity index (χ0) is 9.10. The Bertz CT molecular complexity index is 177. The summed E-state index contributed by atoms with van der Waals surface area (Å²) in [5, 5.41) is 6.25. The van der Waals surface area contributed by atoms with Crippen LogP contribution in [0.5, 0.6) is 0 Å². The fourth-order valence-electron chi connectivity index (χ4n) is 2.45. The molecule has 3 heteroatoms. The van der Waals surface area contributed by atoms with Crippen LogP contribution in [0.25, 0.3) is 0 Å². The molecular weight excluding hydrogens is 164 g/mol. The second-order valence-electron chi connectivity index (χ2n) is 4.19. The number of rotatable bonds is 1. The van der Waals surface area contributed by atoms with Crippen molar-refractivity contribution in [3.63, 3.8) is 0 Å². The van der Waals surface area contributed by atoms with Gasteiger partial charge in [-0.3, -0.25) is 4.79 Å². The van der Waals surface area contributed by atoms with Gasteiger partial charge in [0, 0.05) is 12.6 Å². The van der Waals surface area contributed by atoms with Crippen LogP contribution in [-0.2, 0) is 4.79 Å². The van der Waals surface area contributed by atoms with Gasteiger partial charge in [-0.2, -0.15) is 0 Å². The Balaban J connectivity index is 1.82. The molecule has 1 aliphatic carbocycles. The smallest absolute Gasteiger partial charge is 0.234 e.